The van der Waals surface area contributed by atoms with E-state index in [2.05, 4.69) is 46.1 Å². The average molecular weight is 466 g/mol. The van der Waals surface area contributed by atoms with Crippen molar-refractivity contribution >= 4 is 22.8 Å². The van der Waals surface area contributed by atoms with Crippen LogP contribution in [-0.2, 0) is 11.3 Å². The quantitative estimate of drug-likeness (QED) is 0.420. The maximum atomic E-state index is 11.5. The van der Waals surface area contributed by atoms with Crippen molar-refractivity contribution in [3.8, 4) is 17.2 Å². The number of hydrogen-bond acceptors (Lipinski definition) is 5. The van der Waals surface area contributed by atoms with Crippen molar-refractivity contribution in [2.75, 3.05) is 23.3 Å². The fourth-order valence-electron chi connectivity index (χ4n) is 4.79. The van der Waals surface area contributed by atoms with Crippen LogP contribution in [0.15, 0.2) is 67.8 Å². The first kappa shape index (κ1) is 22.4. The zero-order valence-corrected chi connectivity index (χ0v) is 19.7. The fraction of sp³-hybridized carbons (Fsp3) is 0.259. The maximum Gasteiger partial charge on any atom is 0.247 e. The van der Waals surface area contributed by atoms with Crippen LogP contribution < -0.4 is 10.2 Å². The Kier molecular flexibility index (Phi) is 6.06. The Balaban J connectivity index is 1.39. The number of pyridine rings is 1. The Bertz CT molecular complexity index is 1420. The van der Waals surface area contributed by atoms with E-state index < -0.39 is 0 Å². The van der Waals surface area contributed by atoms with Gasteiger partial charge in [-0.1, -0.05) is 6.58 Å². The lowest BCUT2D eigenvalue weighted by atomic mass is 9.87. The summed E-state index contributed by atoms with van der Waals surface area (Å²) < 4.78 is 3.75. The largest absolute Gasteiger partial charge is 0.371 e. The minimum Gasteiger partial charge on any atom is -0.371 e. The van der Waals surface area contributed by atoms with Gasteiger partial charge in [0.1, 0.15) is 6.07 Å². The van der Waals surface area contributed by atoms with Gasteiger partial charge in [-0.05, 0) is 67.7 Å². The fourth-order valence-corrected chi connectivity index (χ4v) is 4.79. The number of nitriles is 1. The Hall–Kier alpha value is -4.38. The lowest BCUT2D eigenvalue weighted by molar-refractivity contribution is -0.111. The molecule has 0 atom stereocenters. The van der Waals surface area contributed by atoms with Gasteiger partial charge in [-0.25, -0.2) is 4.52 Å². The Morgan fingerprint density at radius 3 is 2.60 bits per heavy atom. The van der Waals surface area contributed by atoms with Crippen LogP contribution >= 0.6 is 0 Å². The second kappa shape index (κ2) is 9.47. The number of piperidine rings is 1. The molecule has 0 saturated carbocycles. The number of rotatable bonds is 6. The summed E-state index contributed by atoms with van der Waals surface area (Å²) >= 11 is 0. The van der Waals surface area contributed by atoms with Crippen molar-refractivity contribution in [2.45, 2.75) is 32.2 Å². The van der Waals surface area contributed by atoms with E-state index >= 15 is 0 Å². The van der Waals surface area contributed by atoms with Crippen LogP contribution in [0.25, 0.3) is 16.6 Å². The summed E-state index contributed by atoms with van der Waals surface area (Å²) in [6.45, 7) is 8.18. The van der Waals surface area contributed by atoms with Gasteiger partial charge in [0, 0.05) is 54.5 Å². The molecule has 8 heteroatoms. The molecule has 5 rings (SSSR count). The van der Waals surface area contributed by atoms with Crippen LogP contribution in [0.5, 0.6) is 0 Å². The summed E-state index contributed by atoms with van der Waals surface area (Å²) in [5.41, 5.74) is 6.67. The Labute approximate surface area is 204 Å². The summed E-state index contributed by atoms with van der Waals surface area (Å²) in [6, 6.07) is 12.4. The van der Waals surface area contributed by atoms with Crippen molar-refractivity contribution in [1.82, 2.24) is 19.4 Å². The predicted molar refractivity (Wildman–Crippen MR) is 136 cm³/mol. The van der Waals surface area contributed by atoms with E-state index in [1.54, 1.807) is 6.20 Å². The number of nitrogens with zero attached hydrogens (tertiary/aromatic N) is 6. The first-order chi connectivity index (χ1) is 17.1. The van der Waals surface area contributed by atoms with E-state index in [0.29, 0.717) is 11.5 Å². The van der Waals surface area contributed by atoms with Gasteiger partial charge in [-0.2, -0.15) is 15.5 Å². The highest BCUT2D eigenvalue weighted by atomic mass is 16.1. The number of benzene rings is 1. The monoisotopic (exact) mass is 465 g/mol. The molecule has 176 valence electrons. The number of carbonyl (C=O) groups excluding carboxylic acids is 1. The summed E-state index contributed by atoms with van der Waals surface area (Å²) in [5, 5.41) is 21.4. The van der Waals surface area contributed by atoms with Crippen LogP contribution in [0.3, 0.4) is 0 Å². The van der Waals surface area contributed by atoms with Crippen molar-refractivity contribution < 1.29 is 4.79 Å². The summed E-state index contributed by atoms with van der Waals surface area (Å²) in [7, 11) is 0. The van der Waals surface area contributed by atoms with E-state index in [9.17, 15) is 10.1 Å². The molecular formula is C27H27N7O. The molecule has 1 amide bonds. The molecule has 1 fully saturated rings. The first-order valence-corrected chi connectivity index (χ1v) is 11.8. The van der Waals surface area contributed by atoms with E-state index in [-0.39, 0.29) is 5.91 Å². The van der Waals surface area contributed by atoms with E-state index in [4.69, 9.17) is 0 Å². The lowest BCUT2D eigenvalue weighted by Gasteiger charge is -2.34. The van der Waals surface area contributed by atoms with Crippen LogP contribution in [0, 0.1) is 11.3 Å². The van der Waals surface area contributed by atoms with Gasteiger partial charge in [0.15, 0.2) is 0 Å². The molecule has 1 aliphatic rings. The Morgan fingerprint density at radius 2 is 1.94 bits per heavy atom. The summed E-state index contributed by atoms with van der Waals surface area (Å²) in [5.74, 6) is 0.107. The number of amides is 1. The number of hydrogen-bond donors (Lipinski definition) is 1. The van der Waals surface area contributed by atoms with Gasteiger partial charge >= 0.3 is 0 Å². The minimum atomic E-state index is -0.217. The smallest absolute Gasteiger partial charge is 0.247 e. The molecule has 1 aromatic carbocycles. The standard InChI is InChI=1S/C27H27N7O/c1-3-26(35)31-23-5-7-24(8-6-23)32-11-9-19(10-12-32)25-13-20(22-16-29-33(4-2)17-22)18-34-27(25)21(14-28)15-30-34/h3,5-8,13,15-19H,1,4,9-12H2,2H3,(H,31,35). The normalized spacial score (nSPS) is 14.1. The molecule has 0 bridgehead atoms. The minimum absolute atomic E-state index is 0.217. The van der Waals surface area contributed by atoms with Crippen LogP contribution in [-0.4, -0.2) is 38.4 Å². The molecule has 0 spiro atoms. The highest BCUT2D eigenvalue weighted by Crippen LogP contribution is 2.36. The third-order valence-electron chi connectivity index (χ3n) is 6.67. The number of carbonyl (C=O) groups is 1. The van der Waals surface area contributed by atoms with Crippen molar-refractivity contribution in [2.24, 2.45) is 0 Å². The molecule has 35 heavy (non-hydrogen) atoms. The molecule has 1 N–H and O–H groups in total. The predicted octanol–water partition coefficient (Wildman–Crippen LogP) is 4.60. The third-order valence-corrected chi connectivity index (χ3v) is 6.67. The van der Waals surface area contributed by atoms with E-state index in [1.807, 2.05) is 52.1 Å². The number of nitrogens with one attached hydrogen (secondary N) is 1. The summed E-state index contributed by atoms with van der Waals surface area (Å²) in [6.07, 6.45) is 10.8. The van der Waals surface area contributed by atoms with Gasteiger partial charge in [-0.15, -0.1) is 0 Å². The highest BCUT2D eigenvalue weighted by molar-refractivity contribution is 5.98. The molecule has 3 aromatic heterocycles. The highest BCUT2D eigenvalue weighted by Gasteiger charge is 2.25. The Morgan fingerprint density at radius 1 is 1.17 bits per heavy atom. The van der Waals surface area contributed by atoms with Crippen molar-refractivity contribution in [1.29, 1.82) is 5.26 Å². The second-order valence-corrected chi connectivity index (χ2v) is 8.73. The van der Waals surface area contributed by atoms with Gasteiger partial charge in [0.05, 0.1) is 23.5 Å². The van der Waals surface area contributed by atoms with Gasteiger partial charge < -0.3 is 10.2 Å². The van der Waals surface area contributed by atoms with Gasteiger partial charge in [0.2, 0.25) is 5.91 Å². The third kappa shape index (κ3) is 4.41. The lowest BCUT2D eigenvalue weighted by Crippen LogP contribution is -2.33. The van der Waals surface area contributed by atoms with Crippen molar-refractivity contribution in [3.63, 3.8) is 0 Å². The van der Waals surface area contributed by atoms with Gasteiger partial charge in [0.25, 0.3) is 0 Å². The van der Waals surface area contributed by atoms with E-state index in [0.717, 1.165) is 60.5 Å². The molecule has 0 radical (unpaired) electrons. The zero-order valence-electron chi connectivity index (χ0n) is 19.7. The topological polar surface area (TPSA) is 91.2 Å². The molecule has 4 aromatic rings. The average Bonchev–Trinajstić information content (AvgIpc) is 3.56. The molecule has 1 saturated heterocycles. The van der Waals surface area contributed by atoms with Crippen LogP contribution in [0.2, 0.25) is 0 Å². The number of aryl methyl sites for hydroxylation is 1. The SMILES string of the molecule is C=CC(=O)Nc1ccc(N2CCC(c3cc(-c4cnn(CC)c4)cn4ncc(C#N)c34)CC2)cc1. The van der Waals surface area contributed by atoms with E-state index in [1.165, 1.54) is 11.6 Å². The first-order valence-electron chi connectivity index (χ1n) is 11.8. The molecule has 1 aliphatic heterocycles. The van der Waals surface area contributed by atoms with Crippen LogP contribution in [0.4, 0.5) is 11.4 Å². The zero-order chi connectivity index (χ0) is 24.4. The van der Waals surface area contributed by atoms with Gasteiger partial charge in [-0.3, -0.25) is 9.48 Å². The molecular weight excluding hydrogens is 438 g/mol. The molecule has 4 heterocycles. The number of fused-ring (bicyclic) bond motifs is 1. The summed E-state index contributed by atoms with van der Waals surface area (Å²) in [4.78, 5) is 13.9. The molecule has 8 nitrogen and oxygen atoms in total. The van der Waals surface area contributed by atoms with Crippen LogP contribution in [0.1, 0.15) is 36.8 Å². The number of anilines is 2. The molecule has 0 aliphatic carbocycles. The molecule has 0 unspecified atom stereocenters. The second-order valence-electron chi connectivity index (χ2n) is 8.73. The van der Waals surface area contributed by atoms with Crippen molar-refractivity contribution in [3.05, 3.63) is 78.9 Å². The number of aromatic nitrogens is 4. The maximum absolute atomic E-state index is 11.5.